The molecule has 1 unspecified atom stereocenters. The van der Waals surface area contributed by atoms with Crippen molar-refractivity contribution >= 4 is 5.91 Å². The van der Waals surface area contributed by atoms with Crippen molar-refractivity contribution in [2.24, 2.45) is 0 Å². The highest BCUT2D eigenvalue weighted by Crippen LogP contribution is 2.21. The summed E-state index contributed by atoms with van der Waals surface area (Å²) in [5.41, 5.74) is 0. The molecular formula is C12H20F3N3O2. The van der Waals surface area contributed by atoms with E-state index in [1.54, 1.807) is 9.80 Å². The van der Waals surface area contributed by atoms with Gasteiger partial charge in [0.1, 0.15) is 0 Å². The van der Waals surface area contributed by atoms with Crippen molar-refractivity contribution in [3.63, 3.8) is 0 Å². The topological polar surface area (TPSA) is 44.8 Å². The number of alkyl halides is 3. The summed E-state index contributed by atoms with van der Waals surface area (Å²) in [6.07, 6.45) is -3.04. The van der Waals surface area contributed by atoms with Gasteiger partial charge in [0.15, 0.2) is 0 Å². The summed E-state index contributed by atoms with van der Waals surface area (Å²) >= 11 is 0. The third-order valence-electron chi connectivity index (χ3n) is 3.72. The number of piperazine rings is 1. The Labute approximate surface area is 116 Å². The fourth-order valence-electron chi connectivity index (χ4n) is 2.75. The Morgan fingerprint density at radius 1 is 1.25 bits per heavy atom. The molecule has 0 radical (unpaired) electrons. The second kappa shape index (κ2) is 6.73. The van der Waals surface area contributed by atoms with Crippen LogP contribution in [0.25, 0.3) is 0 Å². The van der Waals surface area contributed by atoms with Crippen LogP contribution in [0, 0.1) is 0 Å². The SMILES string of the molecule is O=C(C1CCCN1CCOC(F)(F)F)N1CCNCC1. The largest absolute Gasteiger partial charge is 0.522 e. The molecule has 1 atom stereocenters. The fraction of sp³-hybridized carbons (Fsp3) is 0.917. The van der Waals surface area contributed by atoms with Crippen molar-refractivity contribution in [2.75, 3.05) is 45.9 Å². The van der Waals surface area contributed by atoms with E-state index in [1.807, 2.05) is 0 Å². The van der Waals surface area contributed by atoms with E-state index in [4.69, 9.17) is 0 Å². The number of rotatable bonds is 4. The maximum Gasteiger partial charge on any atom is 0.522 e. The summed E-state index contributed by atoms with van der Waals surface area (Å²) in [6.45, 7) is 3.26. The quantitative estimate of drug-likeness (QED) is 0.816. The number of nitrogens with zero attached hydrogens (tertiary/aromatic N) is 2. The smallest absolute Gasteiger partial charge is 0.339 e. The van der Waals surface area contributed by atoms with Gasteiger partial charge in [-0.1, -0.05) is 0 Å². The molecule has 0 aromatic rings. The normalized spacial score (nSPS) is 25.1. The van der Waals surface area contributed by atoms with Gasteiger partial charge in [-0.3, -0.25) is 14.4 Å². The van der Waals surface area contributed by atoms with Crippen molar-refractivity contribution in [1.29, 1.82) is 0 Å². The van der Waals surface area contributed by atoms with Gasteiger partial charge in [-0.15, -0.1) is 13.2 Å². The lowest BCUT2D eigenvalue weighted by Gasteiger charge is -2.32. The van der Waals surface area contributed by atoms with Crippen molar-refractivity contribution in [1.82, 2.24) is 15.1 Å². The fourth-order valence-corrected chi connectivity index (χ4v) is 2.75. The van der Waals surface area contributed by atoms with Gasteiger partial charge in [0.05, 0.1) is 12.6 Å². The van der Waals surface area contributed by atoms with Gasteiger partial charge in [-0.25, -0.2) is 0 Å². The predicted octanol–water partition coefficient (Wildman–Crippen LogP) is 0.419. The molecule has 0 aliphatic carbocycles. The van der Waals surface area contributed by atoms with Gasteiger partial charge in [0, 0.05) is 32.7 Å². The molecule has 2 rings (SSSR count). The zero-order valence-electron chi connectivity index (χ0n) is 11.3. The molecule has 116 valence electrons. The van der Waals surface area contributed by atoms with Gasteiger partial charge >= 0.3 is 6.36 Å². The monoisotopic (exact) mass is 295 g/mol. The Balaban J connectivity index is 1.81. The third-order valence-corrected chi connectivity index (χ3v) is 3.72. The number of likely N-dealkylation sites (tertiary alicyclic amines) is 1. The summed E-state index contributed by atoms with van der Waals surface area (Å²) in [5, 5.41) is 3.17. The standard InChI is InChI=1S/C12H20F3N3O2/c13-12(14,15)20-9-8-17-5-1-2-10(17)11(19)18-6-3-16-4-7-18/h10,16H,1-9H2. The second-order valence-corrected chi connectivity index (χ2v) is 5.06. The van der Waals surface area contributed by atoms with Gasteiger partial charge in [-0.05, 0) is 19.4 Å². The average Bonchev–Trinajstić information content (AvgIpc) is 2.86. The summed E-state index contributed by atoms with van der Waals surface area (Å²) in [5.74, 6) is 0.0380. The Morgan fingerprint density at radius 3 is 2.60 bits per heavy atom. The van der Waals surface area contributed by atoms with E-state index in [0.29, 0.717) is 19.6 Å². The molecule has 20 heavy (non-hydrogen) atoms. The van der Waals surface area contributed by atoms with Crippen LogP contribution in [-0.2, 0) is 9.53 Å². The van der Waals surface area contributed by atoms with Crippen molar-refractivity contribution in [2.45, 2.75) is 25.2 Å². The predicted molar refractivity (Wildman–Crippen MR) is 66.1 cm³/mol. The molecule has 2 fully saturated rings. The van der Waals surface area contributed by atoms with Crippen LogP contribution in [0.3, 0.4) is 0 Å². The lowest BCUT2D eigenvalue weighted by molar-refractivity contribution is -0.325. The minimum absolute atomic E-state index is 0.0380. The van der Waals surface area contributed by atoms with E-state index in [2.05, 4.69) is 10.1 Å². The molecule has 0 saturated carbocycles. The highest BCUT2D eigenvalue weighted by Gasteiger charge is 2.35. The van der Waals surface area contributed by atoms with Gasteiger partial charge in [0.2, 0.25) is 5.91 Å². The first-order valence-corrected chi connectivity index (χ1v) is 6.91. The zero-order valence-corrected chi connectivity index (χ0v) is 11.3. The summed E-state index contributed by atoms with van der Waals surface area (Å²) in [4.78, 5) is 16.0. The molecule has 0 spiro atoms. The number of halogens is 3. The van der Waals surface area contributed by atoms with E-state index in [9.17, 15) is 18.0 Å². The minimum atomic E-state index is -4.60. The first-order chi connectivity index (χ1) is 9.47. The highest BCUT2D eigenvalue weighted by atomic mass is 19.4. The van der Waals surface area contributed by atoms with Crippen LogP contribution in [0.4, 0.5) is 13.2 Å². The number of hydrogen-bond donors (Lipinski definition) is 1. The van der Waals surface area contributed by atoms with E-state index in [-0.39, 0.29) is 18.5 Å². The third kappa shape index (κ3) is 4.32. The summed E-state index contributed by atoms with van der Waals surface area (Å²) in [6, 6.07) is -0.287. The van der Waals surface area contributed by atoms with Gasteiger partial charge in [0.25, 0.3) is 0 Å². The molecule has 1 N–H and O–H groups in total. The highest BCUT2D eigenvalue weighted by molar-refractivity contribution is 5.82. The lowest BCUT2D eigenvalue weighted by atomic mass is 10.1. The molecule has 2 aliphatic rings. The lowest BCUT2D eigenvalue weighted by Crippen LogP contribution is -2.52. The van der Waals surface area contributed by atoms with E-state index in [0.717, 1.165) is 25.9 Å². The molecule has 0 aromatic heterocycles. The number of amides is 1. The van der Waals surface area contributed by atoms with Crippen LogP contribution < -0.4 is 5.32 Å². The summed E-state index contributed by atoms with van der Waals surface area (Å²) in [7, 11) is 0. The van der Waals surface area contributed by atoms with Crippen LogP contribution in [0.5, 0.6) is 0 Å². The van der Waals surface area contributed by atoms with Crippen LogP contribution in [0.15, 0.2) is 0 Å². The Hall–Kier alpha value is -0.860. The number of carbonyl (C=O) groups is 1. The minimum Gasteiger partial charge on any atom is -0.339 e. The zero-order chi connectivity index (χ0) is 14.6. The Kier molecular flexibility index (Phi) is 5.22. The number of carbonyl (C=O) groups excluding carboxylic acids is 1. The molecule has 2 aliphatic heterocycles. The van der Waals surface area contributed by atoms with Crippen LogP contribution in [0.2, 0.25) is 0 Å². The van der Waals surface area contributed by atoms with E-state index < -0.39 is 13.0 Å². The molecule has 1 amide bonds. The van der Waals surface area contributed by atoms with Gasteiger partial charge < -0.3 is 10.2 Å². The number of nitrogens with one attached hydrogen (secondary N) is 1. The van der Waals surface area contributed by atoms with Crippen LogP contribution in [-0.4, -0.2) is 74.0 Å². The Bertz CT molecular complexity index is 332. The number of hydrogen-bond acceptors (Lipinski definition) is 4. The first-order valence-electron chi connectivity index (χ1n) is 6.91. The molecular weight excluding hydrogens is 275 g/mol. The first kappa shape index (κ1) is 15.5. The maximum absolute atomic E-state index is 12.4. The van der Waals surface area contributed by atoms with Crippen LogP contribution >= 0.6 is 0 Å². The second-order valence-electron chi connectivity index (χ2n) is 5.06. The molecule has 0 bridgehead atoms. The van der Waals surface area contributed by atoms with Crippen molar-refractivity contribution < 1.29 is 22.7 Å². The molecule has 2 heterocycles. The Morgan fingerprint density at radius 2 is 1.95 bits per heavy atom. The van der Waals surface area contributed by atoms with Crippen molar-refractivity contribution in [3.05, 3.63) is 0 Å². The average molecular weight is 295 g/mol. The molecule has 8 heteroatoms. The van der Waals surface area contributed by atoms with Crippen molar-refractivity contribution in [3.8, 4) is 0 Å². The molecule has 0 aromatic carbocycles. The number of ether oxygens (including phenoxy) is 1. The molecule has 5 nitrogen and oxygen atoms in total. The van der Waals surface area contributed by atoms with Crippen LogP contribution in [0.1, 0.15) is 12.8 Å². The van der Waals surface area contributed by atoms with E-state index >= 15 is 0 Å². The molecule has 2 saturated heterocycles. The van der Waals surface area contributed by atoms with E-state index in [1.165, 1.54) is 0 Å². The maximum atomic E-state index is 12.4. The summed E-state index contributed by atoms with van der Waals surface area (Å²) < 4.78 is 39.6. The van der Waals surface area contributed by atoms with Gasteiger partial charge in [-0.2, -0.15) is 0 Å².